The Bertz CT molecular complexity index is 365. The quantitative estimate of drug-likeness (QED) is 0.838. The molecule has 1 saturated carbocycles. The molecule has 0 radical (unpaired) electrons. The van der Waals surface area contributed by atoms with E-state index in [1.54, 1.807) is 4.90 Å². The van der Waals surface area contributed by atoms with Crippen LogP contribution in [-0.2, 0) is 4.74 Å². The molecule has 1 amide bonds. The van der Waals surface area contributed by atoms with Crippen molar-refractivity contribution in [2.75, 3.05) is 20.1 Å². The first-order valence-corrected chi connectivity index (χ1v) is 9.28. The van der Waals surface area contributed by atoms with Gasteiger partial charge in [0.05, 0.1) is 0 Å². The molecule has 2 fully saturated rings. The average Bonchev–Trinajstić information content (AvgIpc) is 2.74. The summed E-state index contributed by atoms with van der Waals surface area (Å²) in [6.45, 7) is 8.05. The van der Waals surface area contributed by atoms with E-state index in [1.165, 1.54) is 19.3 Å². The molecule has 1 unspecified atom stereocenters. The van der Waals surface area contributed by atoms with Crippen molar-refractivity contribution in [1.29, 1.82) is 0 Å². The molecule has 2 aliphatic rings. The zero-order valence-electron chi connectivity index (χ0n) is 15.4. The largest absolute Gasteiger partial charge is 0.444 e. The first-order chi connectivity index (χ1) is 10.8. The predicted octanol–water partition coefficient (Wildman–Crippen LogP) is 2.90. The number of carbonyl (C=O) groups is 1. The second kappa shape index (κ2) is 8.34. The molecule has 134 valence electrons. The van der Waals surface area contributed by atoms with E-state index in [0.717, 1.165) is 38.8 Å². The van der Waals surface area contributed by atoms with Gasteiger partial charge >= 0.3 is 6.09 Å². The van der Waals surface area contributed by atoms with E-state index in [2.05, 4.69) is 10.6 Å². The van der Waals surface area contributed by atoms with Crippen LogP contribution in [0.2, 0.25) is 0 Å². The Labute approximate surface area is 141 Å². The molecule has 0 bridgehead atoms. The minimum Gasteiger partial charge on any atom is -0.444 e. The van der Waals surface area contributed by atoms with Crippen molar-refractivity contribution >= 4 is 6.09 Å². The van der Waals surface area contributed by atoms with Gasteiger partial charge in [0.1, 0.15) is 5.60 Å². The second-order valence-corrected chi connectivity index (χ2v) is 8.14. The number of nitrogens with zero attached hydrogens (tertiary/aromatic N) is 1. The lowest BCUT2D eigenvalue weighted by Gasteiger charge is -2.37. The van der Waals surface area contributed by atoms with E-state index in [-0.39, 0.29) is 6.09 Å². The number of carbonyl (C=O) groups excluding carboxylic acids is 1. The van der Waals surface area contributed by atoms with Gasteiger partial charge < -0.3 is 20.3 Å². The van der Waals surface area contributed by atoms with E-state index in [0.29, 0.717) is 18.1 Å². The molecule has 0 aromatic carbocycles. The van der Waals surface area contributed by atoms with Gasteiger partial charge in [-0.2, -0.15) is 0 Å². The first-order valence-electron chi connectivity index (χ1n) is 9.28. The summed E-state index contributed by atoms with van der Waals surface area (Å²) in [6, 6.07) is 1.59. The fourth-order valence-electron chi connectivity index (χ4n) is 3.63. The van der Waals surface area contributed by atoms with Crippen LogP contribution in [-0.4, -0.2) is 54.9 Å². The van der Waals surface area contributed by atoms with Gasteiger partial charge in [-0.05, 0) is 78.8 Å². The van der Waals surface area contributed by atoms with Crippen molar-refractivity contribution < 1.29 is 9.53 Å². The molecule has 1 heterocycles. The summed E-state index contributed by atoms with van der Waals surface area (Å²) in [5, 5.41) is 7.32. The highest BCUT2D eigenvalue weighted by molar-refractivity contribution is 5.68. The summed E-state index contributed by atoms with van der Waals surface area (Å²) in [4.78, 5) is 14.0. The van der Waals surface area contributed by atoms with Crippen molar-refractivity contribution in [3.8, 4) is 0 Å². The summed E-state index contributed by atoms with van der Waals surface area (Å²) in [5.74, 6) is 0. The molecule has 5 heteroatoms. The molecule has 1 saturated heterocycles. The van der Waals surface area contributed by atoms with Gasteiger partial charge in [-0.15, -0.1) is 0 Å². The molecular formula is C18H35N3O2. The third-order valence-corrected chi connectivity index (χ3v) is 4.97. The Morgan fingerprint density at radius 3 is 2.35 bits per heavy atom. The van der Waals surface area contributed by atoms with E-state index >= 15 is 0 Å². The Kier molecular flexibility index (Phi) is 6.72. The minimum atomic E-state index is -0.419. The van der Waals surface area contributed by atoms with Gasteiger partial charge in [0.15, 0.2) is 0 Å². The third-order valence-electron chi connectivity index (χ3n) is 4.97. The van der Waals surface area contributed by atoms with Gasteiger partial charge in [0.25, 0.3) is 0 Å². The van der Waals surface area contributed by atoms with Crippen LogP contribution in [0.5, 0.6) is 0 Å². The Morgan fingerprint density at radius 1 is 1.04 bits per heavy atom. The first kappa shape index (κ1) is 18.5. The van der Waals surface area contributed by atoms with Crippen LogP contribution in [0.3, 0.4) is 0 Å². The van der Waals surface area contributed by atoms with E-state index in [9.17, 15) is 4.79 Å². The van der Waals surface area contributed by atoms with Crippen LogP contribution in [0.15, 0.2) is 0 Å². The standard InChI is InChI=1S/C18H35N3O2/c1-18(2,3)23-17(22)21(4)16-9-7-15(8-10-16)20-14-6-5-12-19-13-11-14/h14-16,19-20H,5-13H2,1-4H3. The van der Waals surface area contributed by atoms with Crippen LogP contribution in [0, 0.1) is 0 Å². The highest BCUT2D eigenvalue weighted by Crippen LogP contribution is 2.25. The van der Waals surface area contributed by atoms with Crippen molar-refractivity contribution in [3.05, 3.63) is 0 Å². The highest BCUT2D eigenvalue weighted by Gasteiger charge is 2.30. The monoisotopic (exact) mass is 325 g/mol. The van der Waals surface area contributed by atoms with Gasteiger partial charge in [0.2, 0.25) is 0 Å². The number of ether oxygens (including phenoxy) is 1. The molecular weight excluding hydrogens is 290 g/mol. The predicted molar refractivity (Wildman–Crippen MR) is 93.7 cm³/mol. The van der Waals surface area contributed by atoms with Crippen LogP contribution in [0.1, 0.15) is 65.7 Å². The van der Waals surface area contributed by atoms with Gasteiger partial charge in [-0.25, -0.2) is 4.79 Å². The fourth-order valence-corrected chi connectivity index (χ4v) is 3.63. The van der Waals surface area contributed by atoms with Crippen molar-refractivity contribution in [2.45, 2.75) is 89.4 Å². The van der Waals surface area contributed by atoms with Gasteiger partial charge in [-0.1, -0.05) is 0 Å². The number of hydrogen-bond acceptors (Lipinski definition) is 4. The zero-order chi connectivity index (χ0) is 16.9. The lowest BCUT2D eigenvalue weighted by Crippen LogP contribution is -2.47. The molecule has 1 atom stereocenters. The van der Waals surface area contributed by atoms with E-state index < -0.39 is 5.60 Å². The smallest absolute Gasteiger partial charge is 0.410 e. The molecule has 2 rings (SSSR count). The summed E-state index contributed by atoms with van der Waals surface area (Å²) >= 11 is 0. The zero-order valence-corrected chi connectivity index (χ0v) is 15.4. The molecule has 0 aromatic rings. The molecule has 1 aliphatic heterocycles. The molecule has 0 spiro atoms. The number of amides is 1. The second-order valence-electron chi connectivity index (χ2n) is 8.14. The lowest BCUT2D eigenvalue weighted by molar-refractivity contribution is 0.0178. The number of nitrogens with one attached hydrogen (secondary N) is 2. The van der Waals surface area contributed by atoms with Gasteiger partial charge in [-0.3, -0.25) is 0 Å². The highest BCUT2D eigenvalue weighted by atomic mass is 16.6. The Balaban J connectivity index is 1.73. The van der Waals surface area contributed by atoms with Gasteiger partial charge in [0, 0.05) is 25.2 Å². The summed E-state index contributed by atoms with van der Waals surface area (Å²) in [5.41, 5.74) is -0.419. The Morgan fingerprint density at radius 2 is 1.70 bits per heavy atom. The molecule has 5 nitrogen and oxygen atoms in total. The maximum absolute atomic E-state index is 12.2. The average molecular weight is 325 g/mol. The number of hydrogen-bond donors (Lipinski definition) is 2. The normalized spacial score (nSPS) is 29.7. The molecule has 2 N–H and O–H groups in total. The maximum atomic E-state index is 12.2. The van der Waals surface area contributed by atoms with Crippen molar-refractivity contribution in [1.82, 2.24) is 15.5 Å². The molecule has 0 aromatic heterocycles. The molecule has 1 aliphatic carbocycles. The minimum absolute atomic E-state index is 0.191. The van der Waals surface area contributed by atoms with Crippen LogP contribution >= 0.6 is 0 Å². The van der Waals surface area contributed by atoms with E-state index in [1.807, 2.05) is 27.8 Å². The fraction of sp³-hybridized carbons (Fsp3) is 0.944. The lowest BCUT2D eigenvalue weighted by atomic mass is 9.89. The maximum Gasteiger partial charge on any atom is 0.410 e. The Hall–Kier alpha value is -0.810. The molecule has 23 heavy (non-hydrogen) atoms. The van der Waals surface area contributed by atoms with Crippen LogP contribution < -0.4 is 10.6 Å². The third kappa shape index (κ3) is 6.30. The van der Waals surface area contributed by atoms with Crippen LogP contribution in [0.25, 0.3) is 0 Å². The van der Waals surface area contributed by atoms with E-state index in [4.69, 9.17) is 4.74 Å². The summed E-state index contributed by atoms with van der Waals surface area (Å²) in [6.07, 6.45) is 8.04. The summed E-state index contributed by atoms with van der Waals surface area (Å²) in [7, 11) is 1.88. The summed E-state index contributed by atoms with van der Waals surface area (Å²) < 4.78 is 5.48. The topological polar surface area (TPSA) is 53.6 Å². The number of rotatable bonds is 3. The van der Waals surface area contributed by atoms with Crippen LogP contribution in [0.4, 0.5) is 4.79 Å². The van der Waals surface area contributed by atoms with Crippen molar-refractivity contribution in [3.63, 3.8) is 0 Å². The van der Waals surface area contributed by atoms with Crippen molar-refractivity contribution in [2.24, 2.45) is 0 Å². The SMILES string of the molecule is CN(C(=O)OC(C)(C)C)C1CCC(NC2CCCNCC2)CC1.